The van der Waals surface area contributed by atoms with Gasteiger partial charge in [-0.15, -0.1) is 0 Å². The topological polar surface area (TPSA) is 34.9 Å². The van der Waals surface area contributed by atoms with E-state index in [2.05, 4.69) is 4.98 Å². The molecule has 2 rings (SSSR count). The van der Waals surface area contributed by atoms with Crippen molar-refractivity contribution in [3.63, 3.8) is 0 Å². The van der Waals surface area contributed by atoms with Gasteiger partial charge in [0.2, 0.25) is 0 Å². The van der Waals surface area contributed by atoms with Crippen LogP contribution in [-0.4, -0.2) is 9.55 Å². The Morgan fingerprint density at radius 3 is 2.57 bits per heavy atom. The Morgan fingerprint density at radius 2 is 1.95 bits per heavy atom. The molecule has 0 amide bonds. The van der Waals surface area contributed by atoms with Gasteiger partial charge < -0.3 is 0 Å². The third kappa shape index (κ3) is 3.66. The Balaban J connectivity index is 2.30. The SMILES string of the molecule is Cc1ccccc1CSc1nc(C(F)(F)F)cc(=O)n1C. The van der Waals surface area contributed by atoms with E-state index in [9.17, 15) is 18.0 Å². The zero-order chi connectivity index (χ0) is 15.6. The highest BCUT2D eigenvalue weighted by molar-refractivity contribution is 7.98. The molecule has 0 atom stereocenters. The van der Waals surface area contributed by atoms with Crippen molar-refractivity contribution in [3.8, 4) is 0 Å². The molecule has 3 nitrogen and oxygen atoms in total. The van der Waals surface area contributed by atoms with Gasteiger partial charge in [-0.25, -0.2) is 4.98 Å². The van der Waals surface area contributed by atoms with Crippen molar-refractivity contribution in [3.05, 3.63) is 57.5 Å². The smallest absolute Gasteiger partial charge is 0.291 e. The van der Waals surface area contributed by atoms with Gasteiger partial charge in [0.25, 0.3) is 5.56 Å². The van der Waals surface area contributed by atoms with E-state index in [-0.39, 0.29) is 5.16 Å². The number of hydrogen-bond donors (Lipinski definition) is 0. The summed E-state index contributed by atoms with van der Waals surface area (Å²) in [6.45, 7) is 1.93. The van der Waals surface area contributed by atoms with Crippen LogP contribution in [0.4, 0.5) is 13.2 Å². The lowest BCUT2D eigenvalue weighted by Gasteiger charge is -2.11. The second-order valence-corrected chi connectivity index (χ2v) is 5.48. The maximum atomic E-state index is 12.7. The Kier molecular flexibility index (Phi) is 4.41. The van der Waals surface area contributed by atoms with E-state index in [4.69, 9.17) is 0 Å². The van der Waals surface area contributed by atoms with Crippen molar-refractivity contribution < 1.29 is 13.2 Å². The van der Waals surface area contributed by atoms with Crippen LogP contribution in [0.3, 0.4) is 0 Å². The maximum absolute atomic E-state index is 12.7. The van der Waals surface area contributed by atoms with E-state index >= 15 is 0 Å². The van der Waals surface area contributed by atoms with Gasteiger partial charge in [0, 0.05) is 18.9 Å². The summed E-state index contributed by atoms with van der Waals surface area (Å²) in [7, 11) is 1.41. The summed E-state index contributed by atoms with van der Waals surface area (Å²) in [5.41, 5.74) is 0.165. The highest BCUT2D eigenvalue weighted by Gasteiger charge is 2.33. The average Bonchev–Trinajstić information content (AvgIpc) is 2.40. The van der Waals surface area contributed by atoms with Crippen LogP contribution in [0, 0.1) is 6.92 Å². The van der Waals surface area contributed by atoms with Gasteiger partial charge in [-0.3, -0.25) is 9.36 Å². The average molecular weight is 314 g/mol. The predicted octanol–water partition coefficient (Wildman–Crippen LogP) is 3.40. The molecule has 0 N–H and O–H groups in total. The summed E-state index contributed by atoms with van der Waals surface area (Å²) in [4.78, 5) is 15.1. The summed E-state index contributed by atoms with van der Waals surface area (Å²) in [6.07, 6.45) is -4.62. The summed E-state index contributed by atoms with van der Waals surface area (Å²) in [5, 5.41) is 0.0538. The van der Waals surface area contributed by atoms with E-state index in [0.717, 1.165) is 27.5 Å². The molecule has 0 aliphatic carbocycles. The summed E-state index contributed by atoms with van der Waals surface area (Å²) in [6, 6.07) is 8.09. The summed E-state index contributed by atoms with van der Waals surface area (Å²) in [5.74, 6) is 0.453. The Bertz CT molecular complexity index is 710. The van der Waals surface area contributed by atoms with Crippen molar-refractivity contribution >= 4 is 11.8 Å². The number of halogens is 3. The minimum absolute atomic E-state index is 0.0538. The maximum Gasteiger partial charge on any atom is 0.433 e. The zero-order valence-corrected chi connectivity index (χ0v) is 12.3. The highest BCUT2D eigenvalue weighted by atomic mass is 32.2. The van der Waals surface area contributed by atoms with Crippen LogP contribution in [0.15, 0.2) is 40.3 Å². The molecule has 1 aromatic carbocycles. The van der Waals surface area contributed by atoms with E-state index in [0.29, 0.717) is 11.8 Å². The lowest BCUT2D eigenvalue weighted by molar-refractivity contribution is -0.141. The lowest BCUT2D eigenvalue weighted by atomic mass is 10.1. The number of alkyl halides is 3. The van der Waals surface area contributed by atoms with Crippen LogP contribution in [-0.2, 0) is 19.0 Å². The van der Waals surface area contributed by atoms with Crippen LogP contribution in [0.25, 0.3) is 0 Å². The summed E-state index contributed by atoms with van der Waals surface area (Å²) >= 11 is 1.11. The molecule has 21 heavy (non-hydrogen) atoms. The first kappa shape index (κ1) is 15.6. The quantitative estimate of drug-likeness (QED) is 0.643. The van der Waals surface area contributed by atoms with Crippen LogP contribution >= 0.6 is 11.8 Å². The van der Waals surface area contributed by atoms with E-state index < -0.39 is 17.4 Å². The molecule has 0 saturated carbocycles. The second-order valence-electron chi connectivity index (χ2n) is 4.53. The number of rotatable bonds is 3. The molecule has 7 heteroatoms. The van der Waals surface area contributed by atoms with Crippen molar-refractivity contribution in [2.75, 3.05) is 0 Å². The molecular weight excluding hydrogens is 301 g/mol. The molecule has 0 bridgehead atoms. The van der Waals surface area contributed by atoms with Gasteiger partial charge in [0.15, 0.2) is 10.9 Å². The predicted molar refractivity (Wildman–Crippen MR) is 75.2 cm³/mol. The molecule has 0 saturated heterocycles. The fraction of sp³-hybridized carbons (Fsp3) is 0.286. The Labute approximate surface area is 123 Å². The van der Waals surface area contributed by atoms with Gasteiger partial charge in [0.05, 0.1) is 0 Å². The zero-order valence-electron chi connectivity index (χ0n) is 11.4. The number of nitrogens with zero attached hydrogens (tertiary/aromatic N) is 2. The van der Waals surface area contributed by atoms with Crippen LogP contribution in [0.2, 0.25) is 0 Å². The van der Waals surface area contributed by atoms with Gasteiger partial charge in [0.1, 0.15) is 0 Å². The number of aryl methyl sites for hydroxylation is 1. The Morgan fingerprint density at radius 1 is 1.29 bits per heavy atom. The number of aromatic nitrogens is 2. The largest absolute Gasteiger partial charge is 0.433 e. The van der Waals surface area contributed by atoms with Crippen LogP contribution in [0.5, 0.6) is 0 Å². The third-order valence-corrected chi connectivity index (χ3v) is 4.08. The standard InChI is InChI=1S/C14H13F3N2OS/c1-9-5-3-4-6-10(9)8-21-13-18-11(14(15,16)17)7-12(20)19(13)2/h3-7H,8H2,1-2H3. The normalized spacial score (nSPS) is 11.7. The van der Waals surface area contributed by atoms with Crippen molar-refractivity contribution in [2.45, 2.75) is 24.0 Å². The first-order chi connectivity index (χ1) is 9.79. The highest BCUT2D eigenvalue weighted by Crippen LogP contribution is 2.29. The van der Waals surface area contributed by atoms with E-state index in [1.54, 1.807) is 0 Å². The summed E-state index contributed by atoms with van der Waals surface area (Å²) < 4.78 is 39.2. The molecule has 1 aromatic heterocycles. The second kappa shape index (κ2) is 5.93. The molecule has 0 aliphatic rings. The lowest BCUT2D eigenvalue weighted by Crippen LogP contribution is -2.23. The van der Waals surface area contributed by atoms with Crippen LogP contribution < -0.4 is 5.56 Å². The molecule has 0 aliphatic heterocycles. The molecule has 2 aromatic rings. The molecule has 1 heterocycles. The first-order valence-electron chi connectivity index (χ1n) is 6.11. The minimum atomic E-state index is -4.62. The minimum Gasteiger partial charge on any atom is -0.291 e. The van der Waals surface area contributed by atoms with Crippen molar-refractivity contribution in [1.82, 2.24) is 9.55 Å². The van der Waals surface area contributed by atoms with Crippen LogP contribution in [0.1, 0.15) is 16.8 Å². The monoisotopic (exact) mass is 314 g/mol. The fourth-order valence-electron chi connectivity index (χ4n) is 1.71. The van der Waals surface area contributed by atoms with Crippen molar-refractivity contribution in [1.29, 1.82) is 0 Å². The fourth-order valence-corrected chi connectivity index (χ4v) is 2.76. The first-order valence-corrected chi connectivity index (χ1v) is 7.10. The van der Waals surface area contributed by atoms with E-state index in [1.165, 1.54) is 7.05 Å². The molecular formula is C14H13F3N2OS. The molecule has 0 fully saturated rings. The molecule has 112 valence electrons. The number of thioether (sulfide) groups is 1. The Hall–Kier alpha value is -1.76. The van der Waals surface area contributed by atoms with Crippen molar-refractivity contribution in [2.24, 2.45) is 7.05 Å². The molecule has 0 radical (unpaired) electrons. The molecule has 0 spiro atoms. The third-order valence-electron chi connectivity index (χ3n) is 3.00. The van der Waals surface area contributed by atoms with E-state index in [1.807, 2.05) is 31.2 Å². The van der Waals surface area contributed by atoms with Gasteiger partial charge in [-0.2, -0.15) is 13.2 Å². The van der Waals surface area contributed by atoms with Gasteiger partial charge in [-0.05, 0) is 18.1 Å². The molecule has 0 unspecified atom stereocenters. The van der Waals surface area contributed by atoms with Gasteiger partial charge in [-0.1, -0.05) is 36.0 Å². The number of benzene rings is 1. The number of hydrogen-bond acceptors (Lipinski definition) is 3. The van der Waals surface area contributed by atoms with Gasteiger partial charge >= 0.3 is 6.18 Å².